The van der Waals surface area contributed by atoms with Crippen molar-refractivity contribution in [3.8, 4) is 0 Å². The summed E-state index contributed by atoms with van der Waals surface area (Å²) in [6.07, 6.45) is -2.00. The monoisotopic (exact) mass is 286 g/mol. The molecule has 0 aliphatic carbocycles. The summed E-state index contributed by atoms with van der Waals surface area (Å²) >= 11 is 0. The Bertz CT molecular complexity index is 481. The zero-order chi connectivity index (χ0) is 14.3. The molecule has 0 saturated carbocycles. The highest BCUT2D eigenvalue weighted by Gasteiger charge is 2.37. The molecule has 2 unspecified atom stereocenters. The van der Waals surface area contributed by atoms with Crippen LogP contribution in [0.3, 0.4) is 0 Å². The van der Waals surface area contributed by atoms with Gasteiger partial charge in [-0.3, -0.25) is 9.88 Å². The number of aliphatic hydroxyl groups is 4. The van der Waals surface area contributed by atoms with Crippen molar-refractivity contribution in [2.75, 3.05) is 18.5 Å². The number of aliphatic hydroxyl groups excluding tert-OH is 4. The molecule has 1 fully saturated rings. The fraction of sp³-hybridized carbons (Fsp3) is 0.727. The van der Waals surface area contributed by atoms with Crippen LogP contribution in [-0.4, -0.2) is 61.7 Å². The van der Waals surface area contributed by atoms with Crippen molar-refractivity contribution in [2.45, 2.75) is 37.3 Å². The molecule has 3 rings (SSSR count). The fourth-order valence-electron chi connectivity index (χ4n) is 2.54. The molecular formula is C11H18N4O5. The zero-order valence-electron chi connectivity index (χ0n) is 10.7. The Morgan fingerprint density at radius 2 is 2.20 bits per heavy atom. The van der Waals surface area contributed by atoms with Gasteiger partial charge in [0.15, 0.2) is 6.35 Å². The number of β-amino-alcohol motifs (C(OH)–C–C–N with tert-alkyl or cyclic N) is 1. The Hall–Kier alpha value is -1.23. The summed E-state index contributed by atoms with van der Waals surface area (Å²) in [4.78, 5) is 4.13. The lowest BCUT2D eigenvalue weighted by Gasteiger charge is -2.18. The Morgan fingerprint density at radius 3 is 2.90 bits per heavy atom. The molecule has 6 N–H and O–H groups in total. The van der Waals surface area contributed by atoms with Crippen LogP contribution < -0.4 is 10.6 Å². The second-order valence-electron chi connectivity index (χ2n) is 4.97. The van der Waals surface area contributed by atoms with E-state index in [1.165, 1.54) is 6.33 Å². The Morgan fingerprint density at radius 1 is 1.40 bits per heavy atom. The summed E-state index contributed by atoms with van der Waals surface area (Å²) in [5, 5.41) is 44.0. The number of imidazole rings is 1. The van der Waals surface area contributed by atoms with Crippen molar-refractivity contribution >= 4 is 5.82 Å². The number of nitrogens with one attached hydrogen (secondary N) is 2. The number of hydrogen-bond acceptors (Lipinski definition) is 8. The van der Waals surface area contributed by atoms with E-state index in [0.717, 1.165) is 0 Å². The van der Waals surface area contributed by atoms with Gasteiger partial charge in [-0.2, -0.15) is 0 Å². The Labute approximate surface area is 114 Å². The second kappa shape index (κ2) is 5.28. The molecule has 5 atom stereocenters. The molecule has 3 heterocycles. The topological polar surface area (TPSA) is 132 Å². The fourth-order valence-corrected chi connectivity index (χ4v) is 2.54. The summed E-state index contributed by atoms with van der Waals surface area (Å²) in [6, 6.07) is 0. The van der Waals surface area contributed by atoms with Gasteiger partial charge in [0.25, 0.3) is 0 Å². The third kappa shape index (κ3) is 2.28. The highest BCUT2D eigenvalue weighted by Crippen LogP contribution is 2.34. The van der Waals surface area contributed by atoms with Crippen molar-refractivity contribution < 1.29 is 25.2 Å². The summed E-state index contributed by atoms with van der Waals surface area (Å²) in [6.45, 7) is -0.0968. The molecule has 112 valence electrons. The smallest absolute Gasteiger partial charge is 0.182 e. The minimum Gasteiger partial charge on any atom is -0.394 e. The Balaban J connectivity index is 1.89. The van der Waals surface area contributed by atoms with Crippen LogP contribution in [0.5, 0.6) is 0 Å². The quantitative estimate of drug-likeness (QED) is 0.362. The average molecular weight is 286 g/mol. The van der Waals surface area contributed by atoms with Gasteiger partial charge in [0.05, 0.1) is 19.0 Å². The van der Waals surface area contributed by atoms with Crippen LogP contribution in [0.15, 0.2) is 6.33 Å². The molecule has 2 aliphatic rings. The van der Waals surface area contributed by atoms with E-state index in [4.69, 9.17) is 9.84 Å². The van der Waals surface area contributed by atoms with Gasteiger partial charge in [0, 0.05) is 13.0 Å². The maximum absolute atomic E-state index is 9.95. The molecule has 0 aromatic carbocycles. The van der Waals surface area contributed by atoms with Crippen molar-refractivity contribution in [1.82, 2.24) is 14.9 Å². The van der Waals surface area contributed by atoms with Crippen LogP contribution in [0.4, 0.5) is 5.82 Å². The first-order valence-electron chi connectivity index (χ1n) is 6.47. The first kappa shape index (κ1) is 13.7. The van der Waals surface area contributed by atoms with Crippen molar-refractivity contribution in [3.05, 3.63) is 12.0 Å². The summed E-state index contributed by atoms with van der Waals surface area (Å²) in [5.74, 6) is 0.436. The standard InChI is InChI=1S/C11H18N4O5/c16-3-7-5(17)1-8(20-7)15-4-13-9-6(18)2-12-11(19)14-10(9)15/h4-8,11-12,14,16-19H,1-3H2/t5?,6-,7-,8-,11?/m1/s1. The zero-order valence-corrected chi connectivity index (χ0v) is 10.7. The van der Waals surface area contributed by atoms with Crippen LogP contribution in [0, 0.1) is 0 Å². The van der Waals surface area contributed by atoms with E-state index in [-0.39, 0.29) is 13.2 Å². The molecule has 0 amide bonds. The minimum atomic E-state index is -1.01. The number of rotatable bonds is 2. The van der Waals surface area contributed by atoms with E-state index in [1.54, 1.807) is 4.57 Å². The maximum Gasteiger partial charge on any atom is 0.182 e. The van der Waals surface area contributed by atoms with E-state index < -0.39 is 30.9 Å². The molecule has 0 radical (unpaired) electrons. The third-order valence-corrected chi connectivity index (χ3v) is 3.61. The first-order valence-corrected chi connectivity index (χ1v) is 6.47. The van der Waals surface area contributed by atoms with Gasteiger partial charge in [-0.05, 0) is 0 Å². The summed E-state index contributed by atoms with van der Waals surface area (Å²) < 4.78 is 7.15. The van der Waals surface area contributed by atoms with Crippen molar-refractivity contribution in [3.63, 3.8) is 0 Å². The second-order valence-corrected chi connectivity index (χ2v) is 4.97. The lowest BCUT2D eigenvalue weighted by Crippen LogP contribution is -2.36. The van der Waals surface area contributed by atoms with E-state index >= 15 is 0 Å². The van der Waals surface area contributed by atoms with E-state index in [0.29, 0.717) is 17.9 Å². The molecule has 0 spiro atoms. The predicted octanol–water partition coefficient (Wildman–Crippen LogP) is -2.15. The van der Waals surface area contributed by atoms with Gasteiger partial charge in [-0.15, -0.1) is 0 Å². The van der Waals surface area contributed by atoms with E-state index in [2.05, 4.69) is 15.6 Å². The van der Waals surface area contributed by atoms with Crippen LogP contribution >= 0.6 is 0 Å². The molecular weight excluding hydrogens is 268 g/mol. The van der Waals surface area contributed by atoms with Gasteiger partial charge < -0.3 is 30.5 Å². The molecule has 20 heavy (non-hydrogen) atoms. The SMILES string of the molecule is OC[C@H]1O[C@@H](n2cnc3c2NC(O)NC[C@H]3O)CC1O. The molecule has 1 aromatic rings. The normalized spacial score (nSPS) is 37.3. The number of aromatic nitrogens is 2. The van der Waals surface area contributed by atoms with Gasteiger partial charge in [0.1, 0.15) is 29.9 Å². The predicted molar refractivity (Wildman–Crippen MR) is 66.4 cm³/mol. The van der Waals surface area contributed by atoms with Crippen LogP contribution in [0.1, 0.15) is 24.4 Å². The lowest BCUT2D eigenvalue weighted by atomic mass is 10.2. The van der Waals surface area contributed by atoms with Gasteiger partial charge >= 0.3 is 0 Å². The number of anilines is 1. The van der Waals surface area contributed by atoms with Crippen molar-refractivity contribution in [1.29, 1.82) is 0 Å². The highest BCUT2D eigenvalue weighted by atomic mass is 16.5. The van der Waals surface area contributed by atoms with E-state index in [9.17, 15) is 15.3 Å². The van der Waals surface area contributed by atoms with Crippen LogP contribution in [0.2, 0.25) is 0 Å². The van der Waals surface area contributed by atoms with Crippen LogP contribution in [0.25, 0.3) is 0 Å². The number of hydrogen-bond donors (Lipinski definition) is 6. The molecule has 0 bridgehead atoms. The Kier molecular flexibility index (Phi) is 3.63. The summed E-state index contributed by atoms with van der Waals surface area (Å²) in [7, 11) is 0. The van der Waals surface area contributed by atoms with Gasteiger partial charge in [-0.25, -0.2) is 4.98 Å². The van der Waals surface area contributed by atoms with Gasteiger partial charge in [0.2, 0.25) is 0 Å². The van der Waals surface area contributed by atoms with Crippen molar-refractivity contribution in [2.24, 2.45) is 0 Å². The molecule has 2 aliphatic heterocycles. The third-order valence-electron chi connectivity index (χ3n) is 3.61. The lowest BCUT2D eigenvalue weighted by molar-refractivity contribution is -0.0439. The van der Waals surface area contributed by atoms with E-state index in [1.807, 2.05) is 0 Å². The number of ether oxygens (including phenoxy) is 1. The maximum atomic E-state index is 9.95. The first-order chi connectivity index (χ1) is 9.60. The molecule has 9 nitrogen and oxygen atoms in total. The average Bonchev–Trinajstić information content (AvgIpc) is 2.96. The minimum absolute atomic E-state index is 0.172. The summed E-state index contributed by atoms with van der Waals surface area (Å²) in [5.41, 5.74) is 0.402. The molecule has 1 saturated heterocycles. The van der Waals surface area contributed by atoms with Crippen LogP contribution in [-0.2, 0) is 4.74 Å². The highest BCUT2D eigenvalue weighted by molar-refractivity contribution is 5.45. The molecule has 1 aromatic heterocycles. The largest absolute Gasteiger partial charge is 0.394 e. The number of nitrogens with zero attached hydrogens (tertiary/aromatic N) is 2. The number of fused-ring (bicyclic) bond motifs is 1. The molecule has 9 heteroatoms. The van der Waals surface area contributed by atoms with Gasteiger partial charge in [-0.1, -0.05) is 0 Å².